The number of ether oxygens (including phenoxy) is 2. The monoisotopic (exact) mass is 508 g/mol. The standard InChI is InChI=1S/C29H36N2O6/c1-19-10-11-20(2)21(18-19)30-15-9-13-29-22(23-27(35)36-17-8-5-12-28(23,3)37-29)25(33)31(24(29)26(30)34)14-6-4-7-16-32/h5,9-13,18,22-24,32H,4,6-8,14-17H2,1-3H3/t22-,23+,24?,28-,29-/m0/s1. The van der Waals surface area contributed by atoms with E-state index in [9.17, 15) is 19.5 Å². The second-order valence-electron chi connectivity index (χ2n) is 10.8. The highest BCUT2D eigenvalue weighted by atomic mass is 16.6. The molecule has 1 aromatic carbocycles. The molecule has 1 spiro atoms. The Morgan fingerprint density at radius 1 is 1.03 bits per heavy atom. The van der Waals surface area contributed by atoms with Gasteiger partial charge in [-0.15, -0.1) is 0 Å². The van der Waals surface area contributed by atoms with E-state index >= 15 is 0 Å². The van der Waals surface area contributed by atoms with Crippen molar-refractivity contribution in [3.05, 3.63) is 53.6 Å². The lowest BCUT2D eigenvalue weighted by Crippen LogP contribution is -2.56. The van der Waals surface area contributed by atoms with Gasteiger partial charge >= 0.3 is 5.97 Å². The van der Waals surface area contributed by atoms with Crippen LogP contribution in [0.2, 0.25) is 0 Å². The molecule has 1 unspecified atom stereocenters. The van der Waals surface area contributed by atoms with Crippen LogP contribution in [0.15, 0.2) is 42.5 Å². The van der Waals surface area contributed by atoms with E-state index < -0.39 is 35.0 Å². The lowest BCUT2D eigenvalue weighted by atomic mass is 9.74. The number of anilines is 1. The molecule has 2 fully saturated rings. The molecule has 2 amide bonds. The van der Waals surface area contributed by atoms with E-state index in [1.807, 2.05) is 63.3 Å². The molecule has 5 rings (SSSR count). The van der Waals surface area contributed by atoms with Crippen LogP contribution in [-0.4, -0.2) is 71.3 Å². The highest BCUT2D eigenvalue weighted by molar-refractivity contribution is 6.06. The molecule has 4 aliphatic rings. The van der Waals surface area contributed by atoms with Gasteiger partial charge in [0.2, 0.25) is 5.91 Å². The molecule has 8 heteroatoms. The summed E-state index contributed by atoms with van der Waals surface area (Å²) in [5, 5.41) is 9.22. The van der Waals surface area contributed by atoms with Crippen molar-refractivity contribution in [3.8, 4) is 0 Å². The molecule has 2 saturated heterocycles. The van der Waals surface area contributed by atoms with Gasteiger partial charge in [-0.3, -0.25) is 14.4 Å². The molecular weight excluding hydrogens is 472 g/mol. The maximum absolute atomic E-state index is 14.4. The molecule has 8 nitrogen and oxygen atoms in total. The topological polar surface area (TPSA) is 96.4 Å². The second-order valence-corrected chi connectivity index (χ2v) is 10.8. The first-order valence-electron chi connectivity index (χ1n) is 13.3. The van der Waals surface area contributed by atoms with E-state index in [0.717, 1.165) is 23.2 Å². The Labute approximate surface area is 217 Å². The highest BCUT2D eigenvalue weighted by Gasteiger charge is 2.74. The van der Waals surface area contributed by atoms with Crippen LogP contribution in [0.1, 0.15) is 43.7 Å². The molecule has 4 aliphatic heterocycles. The number of benzene rings is 1. The predicted octanol–water partition coefficient (Wildman–Crippen LogP) is 2.84. The van der Waals surface area contributed by atoms with Gasteiger partial charge in [-0.25, -0.2) is 0 Å². The van der Waals surface area contributed by atoms with Crippen molar-refractivity contribution >= 4 is 23.5 Å². The van der Waals surface area contributed by atoms with Crippen molar-refractivity contribution in [2.24, 2.45) is 11.8 Å². The van der Waals surface area contributed by atoms with Gasteiger partial charge in [0.1, 0.15) is 17.6 Å². The van der Waals surface area contributed by atoms with Gasteiger partial charge in [-0.1, -0.05) is 36.4 Å². The van der Waals surface area contributed by atoms with Crippen LogP contribution in [-0.2, 0) is 23.9 Å². The van der Waals surface area contributed by atoms with Gasteiger partial charge in [0.15, 0.2) is 0 Å². The molecule has 0 aliphatic carbocycles. The third-order valence-corrected chi connectivity index (χ3v) is 8.23. The van der Waals surface area contributed by atoms with E-state index in [0.29, 0.717) is 32.4 Å². The maximum Gasteiger partial charge on any atom is 0.313 e. The molecule has 0 bridgehead atoms. The molecule has 0 aromatic heterocycles. The summed E-state index contributed by atoms with van der Waals surface area (Å²) < 4.78 is 12.3. The Balaban J connectivity index is 1.61. The van der Waals surface area contributed by atoms with Crippen molar-refractivity contribution < 1.29 is 29.0 Å². The summed E-state index contributed by atoms with van der Waals surface area (Å²) in [6, 6.07) is 5.08. The molecule has 4 heterocycles. The summed E-state index contributed by atoms with van der Waals surface area (Å²) in [4.78, 5) is 45.2. The SMILES string of the molecule is Cc1ccc(C)c(N2CC=C[C@]34O[C@@]5(C)C=CCCOC(=O)[C@H]5[C@H]3C(=O)N(CCCCCO)C4C2=O)c1. The summed E-state index contributed by atoms with van der Waals surface area (Å²) in [5.74, 6) is -2.65. The predicted molar refractivity (Wildman–Crippen MR) is 138 cm³/mol. The van der Waals surface area contributed by atoms with Gasteiger partial charge in [-0.05, 0) is 63.6 Å². The fourth-order valence-corrected chi connectivity index (χ4v) is 6.52. The zero-order valence-electron chi connectivity index (χ0n) is 21.8. The Morgan fingerprint density at radius 2 is 1.84 bits per heavy atom. The van der Waals surface area contributed by atoms with E-state index in [2.05, 4.69) is 0 Å². The van der Waals surface area contributed by atoms with Crippen LogP contribution in [0.4, 0.5) is 5.69 Å². The molecule has 198 valence electrons. The number of fused-ring (bicyclic) bond motifs is 2. The van der Waals surface area contributed by atoms with Crippen molar-refractivity contribution in [2.45, 2.75) is 63.7 Å². The summed E-state index contributed by atoms with van der Waals surface area (Å²) in [5.41, 5.74) is 0.445. The Morgan fingerprint density at radius 3 is 2.62 bits per heavy atom. The second kappa shape index (κ2) is 9.72. The fourth-order valence-electron chi connectivity index (χ4n) is 6.52. The Kier molecular flexibility index (Phi) is 6.75. The van der Waals surface area contributed by atoms with Crippen molar-refractivity contribution in [2.75, 3.05) is 31.2 Å². The first-order chi connectivity index (χ1) is 17.7. The molecule has 0 saturated carbocycles. The van der Waals surface area contributed by atoms with Crippen LogP contribution < -0.4 is 4.90 Å². The van der Waals surface area contributed by atoms with E-state index in [1.54, 1.807) is 9.80 Å². The quantitative estimate of drug-likeness (QED) is 0.361. The number of unbranched alkanes of at least 4 members (excludes halogenated alkanes) is 2. The van der Waals surface area contributed by atoms with E-state index in [-0.39, 0.29) is 25.0 Å². The molecule has 1 aromatic rings. The van der Waals surface area contributed by atoms with Gasteiger partial charge in [0, 0.05) is 25.4 Å². The van der Waals surface area contributed by atoms with Crippen molar-refractivity contribution in [1.82, 2.24) is 4.90 Å². The number of nitrogens with zero attached hydrogens (tertiary/aromatic N) is 2. The first kappa shape index (κ1) is 25.7. The minimum Gasteiger partial charge on any atom is -0.465 e. The maximum atomic E-state index is 14.4. The smallest absolute Gasteiger partial charge is 0.313 e. The van der Waals surface area contributed by atoms with Crippen LogP contribution in [0, 0.1) is 25.7 Å². The minimum atomic E-state index is -1.29. The number of amides is 2. The molecule has 5 atom stereocenters. The molecule has 1 N–H and O–H groups in total. The third-order valence-electron chi connectivity index (χ3n) is 8.23. The summed E-state index contributed by atoms with van der Waals surface area (Å²) in [6.45, 7) is 6.78. The average Bonchev–Trinajstić information content (AvgIpc) is 3.17. The number of cyclic esters (lactones) is 1. The molecule has 37 heavy (non-hydrogen) atoms. The zero-order chi connectivity index (χ0) is 26.4. The van der Waals surface area contributed by atoms with Crippen LogP contribution >= 0.6 is 0 Å². The number of aliphatic hydroxyl groups is 1. The lowest BCUT2D eigenvalue weighted by molar-refractivity contribution is -0.159. The summed E-state index contributed by atoms with van der Waals surface area (Å²) in [6.07, 6.45) is 10.1. The zero-order valence-corrected chi connectivity index (χ0v) is 21.8. The Hall–Kier alpha value is -2.97. The number of aryl methyl sites for hydroxylation is 2. The minimum absolute atomic E-state index is 0.0771. The normalized spacial score (nSPS) is 33.0. The number of carbonyl (C=O) groups excluding carboxylic acids is 3. The largest absolute Gasteiger partial charge is 0.465 e. The first-order valence-corrected chi connectivity index (χ1v) is 13.3. The average molecular weight is 509 g/mol. The number of aliphatic hydroxyl groups excluding tert-OH is 1. The van der Waals surface area contributed by atoms with Crippen molar-refractivity contribution in [3.63, 3.8) is 0 Å². The van der Waals surface area contributed by atoms with Gasteiger partial charge in [0.25, 0.3) is 5.91 Å². The molecule has 0 radical (unpaired) electrons. The summed E-state index contributed by atoms with van der Waals surface area (Å²) in [7, 11) is 0. The fraction of sp³-hybridized carbons (Fsp3) is 0.552. The third kappa shape index (κ3) is 4.10. The highest BCUT2D eigenvalue weighted by Crippen LogP contribution is 2.57. The van der Waals surface area contributed by atoms with E-state index in [4.69, 9.17) is 9.47 Å². The van der Waals surface area contributed by atoms with Gasteiger partial charge in [0.05, 0.1) is 18.1 Å². The van der Waals surface area contributed by atoms with Gasteiger partial charge in [-0.2, -0.15) is 0 Å². The lowest BCUT2D eigenvalue weighted by Gasteiger charge is -2.38. The number of likely N-dealkylation sites (tertiary alicyclic amines) is 1. The number of hydrogen-bond donors (Lipinski definition) is 1. The van der Waals surface area contributed by atoms with Crippen LogP contribution in [0.5, 0.6) is 0 Å². The van der Waals surface area contributed by atoms with Crippen molar-refractivity contribution in [1.29, 1.82) is 0 Å². The van der Waals surface area contributed by atoms with Crippen LogP contribution in [0.3, 0.4) is 0 Å². The number of carbonyl (C=O) groups is 3. The number of hydrogen-bond acceptors (Lipinski definition) is 6. The number of esters is 1. The Bertz CT molecular complexity index is 1160. The van der Waals surface area contributed by atoms with Gasteiger partial charge < -0.3 is 24.4 Å². The van der Waals surface area contributed by atoms with E-state index in [1.165, 1.54) is 0 Å². The summed E-state index contributed by atoms with van der Waals surface area (Å²) >= 11 is 0. The number of rotatable bonds is 6. The van der Waals surface area contributed by atoms with Crippen LogP contribution in [0.25, 0.3) is 0 Å². The molecular formula is C29H36N2O6.